The number of amides is 1. The van der Waals surface area contributed by atoms with Crippen molar-refractivity contribution in [3.05, 3.63) is 115 Å². The first-order valence-electron chi connectivity index (χ1n) is 14.0. The number of hydrogen-bond acceptors (Lipinski definition) is 3. The quantitative estimate of drug-likeness (QED) is 0.224. The van der Waals surface area contributed by atoms with Crippen molar-refractivity contribution in [3.63, 3.8) is 0 Å². The summed E-state index contributed by atoms with van der Waals surface area (Å²) in [6, 6.07) is 29.0. The third kappa shape index (κ3) is 7.36. The maximum Gasteiger partial charge on any atom is 0.407 e. The summed E-state index contributed by atoms with van der Waals surface area (Å²) in [6.45, 7) is 5.00. The van der Waals surface area contributed by atoms with Crippen molar-refractivity contribution in [1.82, 2.24) is 19.4 Å². The van der Waals surface area contributed by atoms with E-state index in [2.05, 4.69) is 69.1 Å². The molecular weight excluding hydrogens is 484 g/mol. The van der Waals surface area contributed by atoms with Crippen LogP contribution in [0.5, 0.6) is 0 Å². The van der Waals surface area contributed by atoms with E-state index in [0.29, 0.717) is 24.9 Å². The Morgan fingerprint density at radius 3 is 2.41 bits per heavy atom. The Morgan fingerprint density at radius 2 is 1.67 bits per heavy atom. The minimum Gasteiger partial charge on any atom is -0.465 e. The van der Waals surface area contributed by atoms with Crippen LogP contribution in [0.4, 0.5) is 4.79 Å². The Labute approximate surface area is 231 Å². The minimum atomic E-state index is -0.880. The van der Waals surface area contributed by atoms with Crippen molar-refractivity contribution in [2.75, 3.05) is 26.2 Å². The zero-order valence-corrected chi connectivity index (χ0v) is 22.5. The summed E-state index contributed by atoms with van der Waals surface area (Å²) in [7, 11) is 0. The number of allylic oxidation sites excluding steroid dienone is 1. The van der Waals surface area contributed by atoms with Gasteiger partial charge in [0.15, 0.2) is 0 Å². The van der Waals surface area contributed by atoms with E-state index >= 15 is 0 Å². The van der Waals surface area contributed by atoms with Gasteiger partial charge in [-0.2, -0.15) is 0 Å². The molecule has 1 saturated heterocycles. The van der Waals surface area contributed by atoms with Crippen LogP contribution in [0.2, 0.25) is 0 Å². The van der Waals surface area contributed by atoms with E-state index in [4.69, 9.17) is 0 Å². The van der Waals surface area contributed by atoms with Gasteiger partial charge >= 0.3 is 6.09 Å². The molecule has 0 radical (unpaired) electrons. The number of carboxylic acid groups (broad SMARTS) is 1. The zero-order valence-electron chi connectivity index (χ0n) is 22.5. The molecule has 1 aromatic heterocycles. The van der Waals surface area contributed by atoms with E-state index in [-0.39, 0.29) is 0 Å². The van der Waals surface area contributed by atoms with E-state index in [1.54, 1.807) is 0 Å². The fourth-order valence-electron chi connectivity index (χ4n) is 5.58. The van der Waals surface area contributed by atoms with Crippen LogP contribution in [0, 0.1) is 5.92 Å². The molecule has 1 atom stereocenters. The highest BCUT2D eigenvalue weighted by Crippen LogP contribution is 2.26. The summed E-state index contributed by atoms with van der Waals surface area (Å²) >= 11 is 0. The Morgan fingerprint density at radius 1 is 0.974 bits per heavy atom. The number of rotatable bonds is 11. The summed E-state index contributed by atoms with van der Waals surface area (Å²) in [5, 5.41) is 9.61. The molecule has 4 aromatic rings. The van der Waals surface area contributed by atoms with Crippen molar-refractivity contribution in [3.8, 4) is 0 Å². The summed E-state index contributed by atoms with van der Waals surface area (Å²) in [5.41, 5.74) is 4.63. The largest absolute Gasteiger partial charge is 0.465 e. The third-order valence-electron chi connectivity index (χ3n) is 7.86. The van der Waals surface area contributed by atoms with Crippen molar-refractivity contribution in [2.45, 2.75) is 38.3 Å². The molecule has 1 N–H and O–H groups in total. The van der Waals surface area contributed by atoms with E-state index in [1.807, 2.05) is 48.8 Å². The van der Waals surface area contributed by atoms with Crippen LogP contribution in [0.3, 0.4) is 0 Å². The van der Waals surface area contributed by atoms with Gasteiger partial charge in [-0.1, -0.05) is 84.9 Å². The molecule has 0 spiro atoms. The standard InChI is InChI=1S/C33H38N4O2/c38-33(39)36(24-28-10-3-1-4-11-28)20-9-12-27-17-21-35(22-18-27)23-19-30(29-13-5-2-6-14-29)25-37-26-34-31-15-7-8-16-32(31)37/h1-16,26-27,30H,17-25H2,(H,38,39). The number of imidazole rings is 1. The third-order valence-corrected chi connectivity index (χ3v) is 7.86. The average molecular weight is 523 g/mol. The Hall–Kier alpha value is -3.90. The van der Waals surface area contributed by atoms with Gasteiger partial charge in [0.05, 0.1) is 17.4 Å². The number of benzene rings is 3. The predicted molar refractivity (Wildman–Crippen MR) is 157 cm³/mol. The van der Waals surface area contributed by atoms with Crippen LogP contribution in [0.1, 0.15) is 36.3 Å². The molecule has 6 heteroatoms. The second-order valence-corrected chi connectivity index (χ2v) is 10.5. The molecule has 2 heterocycles. The van der Waals surface area contributed by atoms with E-state index < -0.39 is 6.09 Å². The van der Waals surface area contributed by atoms with E-state index in [0.717, 1.165) is 56.5 Å². The fourth-order valence-corrected chi connectivity index (χ4v) is 5.58. The van der Waals surface area contributed by atoms with Gasteiger partial charge in [0.25, 0.3) is 0 Å². The Balaban J connectivity index is 1.12. The summed E-state index contributed by atoms with van der Waals surface area (Å²) in [5.74, 6) is 0.934. The van der Waals surface area contributed by atoms with Crippen LogP contribution < -0.4 is 0 Å². The van der Waals surface area contributed by atoms with E-state index in [9.17, 15) is 9.90 Å². The molecule has 202 valence electrons. The monoisotopic (exact) mass is 522 g/mol. The van der Waals surface area contributed by atoms with Gasteiger partial charge in [-0.3, -0.25) is 0 Å². The molecular formula is C33H38N4O2. The molecule has 1 aliphatic rings. The summed E-state index contributed by atoms with van der Waals surface area (Å²) in [4.78, 5) is 20.4. The molecule has 0 bridgehead atoms. The molecule has 5 rings (SSSR count). The summed E-state index contributed by atoms with van der Waals surface area (Å²) in [6.07, 6.45) is 8.70. The number of para-hydroxylation sites is 2. The number of fused-ring (bicyclic) bond motifs is 1. The maximum atomic E-state index is 11.7. The van der Waals surface area contributed by atoms with Crippen LogP contribution >= 0.6 is 0 Å². The van der Waals surface area contributed by atoms with Crippen molar-refractivity contribution in [2.24, 2.45) is 5.92 Å². The highest BCUT2D eigenvalue weighted by atomic mass is 16.4. The lowest BCUT2D eigenvalue weighted by molar-refractivity contribution is 0.147. The molecule has 0 saturated carbocycles. The number of likely N-dealkylation sites (tertiary alicyclic amines) is 1. The highest BCUT2D eigenvalue weighted by Gasteiger charge is 2.20. The van der Waals surface area contributed by atoms with Gasteiger partial charge in [0, 0.05) is 25.6 Å². The second-order valence-electron chi connectivity index (χ2n) is 10.5. The average Bonchev–Trinajstić information content (AvgIpc) is 3.39. The lowest BCUT2D eigenvalue weighted by atomic mass is 9.93. The molecule has 1 fully saturated rings. The molecule has 1 amide bonds. The van der Waals surface area contributed by atoms with Gasteiger partial charge in [-0.05, 0) is 68.1 Å². The van der Waals surface area contributed by atoms with Crippen LogP contribution in [0.25, 0.3) is 11.0 Å². The first kappa shape index (κ1) is 26.7. The molecule has 6 nitrogen and oxygen atoms in total. The predicted octanol–water partition coefficient (Wildman–Crippen LogP) is 6.66. The van der Waals surface area contributed by atoms with Crippen molar-refractivity contribution in [1.29, 1.82) is 0 Å². The number of hydrogen-bond donors (Lipinski definition) is 1. The van der Waals surface area contributed by atoms with Crippen LogP contribution in [-0.2, 0) is 13.1 Å². The number of piperidine rings is 1. The second kappa shape index (κ2) is 13.3. The fraction of sp³-hybridized carbons (Fsp3) is 0.333. The number of nitrogens with zero attached hydrogens (tertiary/aromatic N) is 4. The number of carbonyl (C=O) groups is 1. The lowest BCUT2D eigenvalue weighted by Crippen LogP contribution is -2.35. The van der Waals surface area contributed by atoms with Crippen molar-refractivity contribution < 1.29 is 9.90 Å². The smallest absolute Gasteiger partial charge is 0.407 e. The molecule has 39 heavy (non-hydrogen) atoms. The number of aromatic nitrogens is 2. The van der Waals surface area contributed by atoms with Crippen LogP contribution in [-0.4, -0.2) is 56.7 Å². The highest BCUT2D eigenvalue weighted by molar-refractivity contribution is 5.74. The molecule has 3 aromatic carbocycles. The van der Waals surface area contributed by atoms with Gasteiger partial charge in [0.1, 0.15) is 0 Å². The summed E-state index contributed by atoms with van der Waals surface area (Å²) < 4.78 is 2.29. The van der Waals surface area contributed by atoms with E-state index in [1.165, 1.54) is 16.0 Å². The maximum absolute atomic E-state index is 11.7. The van der Waals surface area contributed by atoms with Gasteiger partial charge in [-0.25, -0.2) is 9.78 Å². The molecule has 1 unspecified atom stereocenters. The minimum absolute atomic E-state index is 0.413. The van der Waals surface area contributed by atoms with Gasteiger partial charge < -0.3 is 19.5 Å². The molecule has 0 aliphatic carbocycles. The first-order chi connectivity index (χ1) is 19.2. The normalized spacial score (nSPS) is 15.6. The molecule has 1 aliphatic heterocycles. The Kier molecular flexibility index (Phi) is 9.07. The first-order valence-corrected chi connectivity index (χ1v) is 14.0. The van der Waals surface area contributed by atoms with Gasteiger partial charge in [0.2, 0.25) is 0 Å². The topological polar surface area (TPSA) is 61.6 Å². The van der Waals surface area contributed by atoms with Crippen molar-refractivity contribution >= 4 is 17.1 Å². The lowest BCUT2D eigenvalue weighted by Gasteiger charge is -2.32. The van der Waals surface area contributed by atoms with Crippen LogP contribution in [0.15, 0.2) is 103 Å². The zero-order chi connectivity index (χ0) is 26.9. The Bertz CT molecular complexity index is 1340. The SMILES string of the molecule is O=C(O)N(CC=CC1CCN(CCC(Cn2cnc3ccccc32)c2ccccc2)CC1)Cc1ccccc1. The van der Waals surface area contributed by atoms with Gasteiger partial charge in [-0.15, -0.1) is 0 Å².